The van der Waals surface area contributed by atoms with Gasteiger partial charge in [-0.1, -0.05) is 0 Å². The van der Waals surface area contributed by atoms with Gasteiger partial charge in [-0.15, -0.1) is 0 Å². The van der Waals surface area contributed by atoms with E-state index in [1.165, 1.54) is 0 Å². The molecule has 2 atom stereocenters. The van der Waals surface area contributed by atoms with E-state index in [1.54, 1.807) is 41.5 Å². The molecule has 0 aliphatic heterocycles. The highest BCUT2D eigenvalue weighted by Gasteiger charge is 2.30. The maximum Gasteiger partial charge on any atom is 0.326 e. The Bertz CT molecular complexity index is 327. The van der Waals surface area contributed by atoms with Crippen LogP contribution in [0.1, 0.15) is 48.0 Å². The van der Waals surface area contributed by atoms with Gasteiger partial charge in [-0.3, -0.25) is 9.59 Å². The molecule has 0 saturated carbocycles. The lowest BCUT2D eigenvalue weighted by Crippen LogP contribution is -2.46. The third-order valence-electron chi connectivity index (χ3n) is 1.89. The van der Waals surface area contributed by atoms with Gasteiger partial charge in [-0.25, -0.2) is 0 Å². The van der Waals surface area contributed by atoms with Crippen LogP contribution in [0.5, 0.6) is 0 Å². The van der Waals surface area contributed by atoms with E-state index in [0.717, 1.165) is 0 Å². The topological polar surface area (TPSA) is 98.9 Å². The molecule has 6 nitrogen and oxygen atoms in total. The first-order chi connectivity index (χ1) is 8.32. The van der Waals surface area contributed by atoms with Gasteiger partial charge in [-0.05, 0) is 41.5 Å². The first-order valence-corrected chi connectivity index (χ1v) is 6.20. The Balaban J connectivity index is 4.38. The summed E-state index contributed by atoms with van der Waals surface area (Å²) < 4.78 is 10.1. The molecule has 0 aliphatic carbocycles. The van der Waals surface area contributed by atoms with Crippen molar-refractivity contribution in [2.45, 2.75) is 71.3 Å². The molecule has 0 spiro atoms. The minimum atomic E-state index is -1.33. The van der Waals surface area contributed by atoms with Crippen molar-refractivity contribution in [3.63, 3.8) is 0 Å². The normalized spacial score (nSPS) is 15.6. The summed E-state index contributed by atoms with van der Waals surface area (Å²) in [5.41, 5.74) is 4.21. The zero-order chi connectivity index (χ0) is 15.4. The Morgan fingerprint density at radius 3 is 1.84 bits per heavy atom. The van der Waals surface area contributed by atoms with Crippen LogP contribution in [0.3, 0.4) is 0 Å². The van der Waals surface area contributed by atoms with Gasteiger partial charge in [0.1, 0.15) is 17.2 Å². The molecule has 0 radical (unpaired) electrons. The van der Waals surface area contributed by atoms with Crippen LogP contribution in [-0.2, 0) is 19.1 Å². The zero-order valence-corrected chi connectivity index (χ0v) is 12.5. The molecule has 0 amide bonds. The summed E-state index contributed by atoms with van der Waals surface area (Å²) in [7, 11) is 0. The van der Waals surface area contributed by atoms with Crippen molar-refractivity contribution in [1.29, 1.82) is 0 Å². The molecular formula is C13H25NO5. The molecule has 3 N–H and O–H groups in total. The first kappa shape index (κ1) is 17.9. The van der Waals surface area contributed by atoms with Gasteiger partial charge in [0.05, 0.1) is 12.5 Å². The minimum absolute atomic E-state index is 0.350. The van der Waals surface area contributed by atoms with Gasteiger partial charge < -0.3 is 20.3 Å². The molecule has 0 heterocycles. The molecule has 0 bridgehead atoms. The molecule has 6 heteroatoms. The van der Waals surface area contributed by atoms with Gasteiger partial charge in [0.2, 0.25) is 0 Å². The predicted octanol–water partition coefficient (Wildman–Crippen LogP) is 0.748. The summed E-state index contributed by atoms with van der Waals surface area (Å²) in [6, 6.07) is -1.27. The van der Waals surface area contributed by atoms with Gasteiger partial charge >= 0.3 is 11.9 Å². The van der Waals surface area contributed by atoms with Crippen molar-refractivity contribution < 1.29 is 24.2 Å². The highest BCUT2D eigenvalue weighted by Crippen LogP contribution is 2.12. The maximum absolute atomic E-state index is 11.6. The monoisotopic (exact) mass is 275 g/mol. The highest BCUT2D eigenvalue weighted by molar-refractivity contribution is 5.78. The summed E-state index contributed by atoms with van der Waals surface area (Å²) in [6.07, 6.45) is -1.68. The van der Waals surface area contributed by atoms with Gasteiger partial charge in [0.15, 0.2) is 0 Å². The van der Waals surface area contributed by atoms with Crippen LogP contribution in [0.2, 0.25) is 0 Å². The van der Waals surface area contributed by atoms with Crippen molar-refractivity contribution in [3.05, 3.63) is 0 Å². The van der Waals surface area contributed by atoms with Gasteiger partial charge in [0, 0.05) is 0 Å². The van der Waals surface area contributed by atoms with E-state index >= 15 is 0 Å². The van der Waals surface area contributed by atoms with Crippen molar-refractivity contribution in [2.75, 3.05) is 0 Å². The number of hydrogen-bond donors (Lipinski definition) is 2. The fraction of sp³-hybridized carbons (Fsp3) is 0.846. The van der Waals surface area contributed by atoms with E-state index in [9.17, 15) is 14.7 Å². The maximum atomic E-state index is 11.6. The lowest BCUT2D eigenvalue weighted by molar-refractivity contribution is -0.162. The molecule has 0 aromatic heterocycles. The second-order valence-corrected chi connectivity index (χ2v) is 6.42. The third-order valence-corrected chi connectivity index (χ3v) is 1.89. The summed E-state index contributed by atoms with van der Waals surface area (Å²) in [4.78, 5) is 23.1. The van der Waals surface area contributed by atoms with Crippen molar-refractivity contribution in [3.8, 4) is 0 Å². The van der Waals surface area contributed by atoms with Crippen LogP contribution in [0, 0.1) is 0 Å². The number of esters is 2. The summed E-state index contributed by atoms with van der Waals surface area (Å²) in [5.74, 6) is -1.36. The molecule has 112 valence electrons. The Hall–Kier alpha value is -1.14. The average molecular weight is 275 g/mol. The fourth-order valence-electron chi connectivity index (χ4n) is 1.21. The second kappa shape index (κ2) is 6.34. The van der Waals surface area contributed by atoms with Crippen LogP contribution in [0.15, 0.2) is 0 Å². The van der Waals surface area contributed by atoms with Crippen LogP contribution in [0.25, 0.3) is 0 Å². The predicted molar refractivity (Wildman–Crippen MR) is 70.3 cm³/mol. The van der Waals surface area contributed by atoms with E-state index in [2.05, 4.69) is 0 Å². The largest absolute Gasteiger partial charge is 0.460 e. The van der Waals surface area contributed by atoms with Crippen molar-refractivity contribution in [2.24, 2.45) is 5.73 Å². The highest BCUT2D eigenvalue weighted by atomic mass is 16.6. The minimum Gasteiger partial charge on any atom is -0.460 e. The summed E-state index contributed by atoms with van der Waals surface area (Å²) in [5, 5.41) is 9.73. The SMILES string of the molecule is CC(C)(C)OC(=O)CC(O)C(N)C(=O)OC(C)(C)C. The van der Waals surface area contributed by atoms with Crippen LogP contribution >= 0.6 is 0 Å². The summed E-state index contributed by atoms with van der Waals surface area (Å²) >= 11 is 0. The van der Waals surface area contributed by atoms with E-state index in [0.29, 0.717) is 0 Å². The first-order valence-electron chi connectivity index (χ1n) is 6.20. The van der Waals surface area contributed by atoms with E-state index in [-0.39, 0.29) is 6.42 Å². The molecule has 0 rings (SSSR count). The molecule has 0 fully saturated rings. The Morgan fingerprint density at radius 2 is 1.47 bits per heavy atom. The Labute approximate surface area is 114 Å². The standard InChI is InChI=1S/C13H25NO5/c1-12(2,3)18-9(16)7-8(15)10(14)11(17)19-13(4,5)6/h8,10,15H,7,14H2,1-6H3. The number of nitrogens with two attached hydrogens (primary N) is 1. The van der Waals surface area contributed by atoms with Crippen LogP contribution in [-0.4, -0.2) is 40.4 Å². The smallest absolute Gasteiger partial charge is 0.326 e. The number of aliphatic hydroxyl groups excluding tert-OH is 1. The van der Waals surface area contributed by atoms with Gasteiger partial charge in [0.25, 0.3) is 0 Å². The van der Waals surface area contributed by atoms with Crippen molar-refractivity contribution >= 4 is 11.9 Å². The lowest BCUT2D eigenvalue weighted by atomic mass is 10.1. The van der Waals surface area contributed by atoms with E-state index in [1.807, 2.05) is 0 Å². The summed E-state index contributed by atoms with van der Waals surface area (Å²) in [6.45, 7) is 10.2. The number of aliphatic hydroxyl groups is 1. The molecule has 0 aromatic carbocycles. The molecule has 0 aliphatic rings. The van der Waals surface area contributed by atoms with E-state index < -0.39 is 35.3 Å². The quantitative estimate of drug-likeness (QED) is 0.734. The van der Waals surface area contributed by atoms with E-state index in [4.69, 9.17) is 15.2 Å². The number of rotatable bonds is 4. The Kier molecular flexibility index (Phi) is 5.96. The van der Waals surface area contributed by atoms with Crippen molar-refractivity contribution in [1.82, 2.24) is 0 Å². The molecule has 19 heavy (non-hydrogen) atoms. The number of hydrogen-bond acceptors (Lipinski definition) is 6. The van der Waals surface area contributed by atoms with Crippen LogP contribution in [0.4, 0.5) is 0 Å². The van der Waals surface area contributed by atoms with Crippen LogP contribution < -0.4 is 5.73 Å². The number of carbonyl (C=O) groups is 2. The number of ether oxygens (including phenoxy) is 2. The molecule has 0 aromatic rings. The van der Waals surface area contributed by atoms with Gasteiger partial charge in [-0.2, -0.15) is 0 Å². The average Bonchev–Trinajstić information content (AvgIpc) is 2.10. The zero-order valence-electron chi connectivity index (χ0n) is 12.5. The Morgan fingerprint density at radius 1 is 1.05 bits per heavy atom. The molecule has 2 unspecified atom stereocenters. The lowest BCUT2D eigenvalue weighted by Gasteiger charge is -2.25. The third kappa shape index (κ3) is 8.56. The molecule has 0 saturated heterocycles. The fourth-order valence-corrected chi connectivity index (χ4v) is 1.21. The molecular weight excluding hydrogens is 250 g/mol. The number of carbonyl (C=O) groups excluding carboxylic acids is 2. The second-order valence-electron chi connectivity index (χ2n) is 6.42.